The number of hydrogen-bond donors (Lipinski definition) is 1. The molecule has 0 amide bonds. The predicted molar refractivity (Wildman–Crippen MR) is 79.0 cm³/mol. The fraction of sp³-hybridized carbons (Fsp3) is 0.250. The molecule has 1 heterocycles. The van der Waals surface area contributed by atoms with Gasteiger partial charge in [-0.25, -0.2) is 0 Å². The zero-order chi connectivity index (χ0) is 13.5. The van der Waals surface area contributed by atoms with Crippen molar-refractivity contribution in [1.82, 2.24) is 0 Å². The van der Waals surface area contributed by atoms with Crippen LogP contribution in [0.5, 0.6) is 5.75 Å². The van der Waals surface area contributed by atoms with Gasteiger partial charge in [0.25, 0.3) is 0 Å². The fourth-order valence-electron chi connectivity index (χ4n) is 2.53. The molecule has 98 valence electrons. The Labute approximate surface area is 118 Å². The maximum Gasteiger partial charge on any atom is 0.128 e. The third-order valence-corrected chi connectivity index (χ3v) is 3.67. The van der Waals surface area contributed by atoms with Gasteiger partial charge in [-0.3, -0.25) is 0 Å². The summed E-state index contributed by atoms with van der Waals surface area (Å²) in [7, 11) is 0. The number of nitrogens with one attached hydrogen (secondary N) is 1. The molecule has 2 nitrogen and oxygen atoms in total. The molecule has 0 aliphatic carbocycles. The van der Waals surface area contributed by atoms with Gasteiger partial charge in [-0.15, -0.1) is 0 Å². The van der Waals surface area contributed by atoms with Gasteiger partial charge in [0.2, 0.25) is 0 Å². The molecule has 0 radical (unpaired) electrons. The molecule has 3 heteroatoms. The SMILES string of the molecule is CC1(C)Oc2ccccc2C1Nc1cccc(Cl)c1. The highest BCUT2D eigenvalue weighted by Gasteiger charge is 2.40. The molecule has 2 aromatic carbocycles. The van der Waals surface area contributed by atoms with E-state index in [0.717, 1.165) is 16.5 Å². The molecule has 2 aromatic rings. The Bertz CT molecular complexity index is 609. The smallest absolute Gasteiger partial charge is 0.128 e. The van der Waals surface area contributed by atoms with Gasteiger partial charge < -0.3 is 10.1 Å². The van der Waals surface area contributed by atoms with Crippen LogP contribution in [-0.4, -0.2) is 5.60 Å². The molecule has 0 spiro atoms. The number of ether oxygens (including phenoxy) is 1. The Hall–Kier alpha value is -1.67. The molecular weight excluding hydrogens is 258 g/mol. The zero-order valence-electron chi connectivity index (χ0n) is 11.0. The molecule has 1 atom stereocenters. The second kappa shape index (κ2) is 4.46. The second-order valence-electron chi connectivity index (χ2n) is 5.33. The summed E-state index contributed by atoms with van der Waals surface area (Å²) in [5, 5.41) is 4.25. The van der Waals surface area contributed by atoms with E-state index in [1.54, 1.807) is 0 Å². The van der Waals surface area contributed by atoms with Crippen LogP contribution in [0.15, 0.2) is 48.5 Å². The first-order valence-electron chi connectivity index (χ1n) is 6.36. The molecular formula is C16H16ClNO. The lowest BCUT2D eigenvalue weighted by molar-refractivity contribution is 0.118. The van der Waals surface area contributed by atoms with E-state index < -0.39 is 0 Å². The minimum atomic E-state index is -0.286. The number of benzene rings is 2. The van der Waals surface area contributed by atoms with Crippen molar-refractivity contribution < 1.29 is 4.74 Å². The molecule has 0 fully saturated rings. The highest BCUT2D eigenvalue weighted by Crippen LogP contribution is 2.44. The molecule has 19 heavy (non-hydrogen) atoms. The number of halogens is 1. The Morgan fingerprint density at radius 2 is 1.89 bits per heavy atom. The van der Waals surface area contributed by atoms with Crippen LogP contribution in [0.2, 0.25) is 5.02 Å². The summed E-state index contributed by atoms with van der Waals surface area (Å²) in [6.07, 6.45) is 0. The minimum absolute atomic E-state index is 0.113. The van der Waals surface area contributed by atoms with E-state index in [0.29, 0.717) is 0 Å². The summed E-state index contributed by atoms with van der Waals surface area (Å²) in [5.41, 5.74) is 1.91. The van der Waals surface area contributed by atoms with Gasteiger partial charge in [0, 0.05) is 16.3 Å². The summed E-state index contributed by atoms with van der Waals surface area (Å²) >= 11 is 6.03. The van der Waals surface area contributed by atoms with Crippen LogP contribution < -0.4 is 10.1 Å². The van der Waals surface area contributed by atoms with Crippen LogP contribution in [0.25, 0.3) is 0 Å². The van der Waals surface area contributed by atoms with Crippen molar-refractivity contribution in [2.75, 3.05) is 5.32 Å². The first-order chi connectivity index (χ1) is 9.06. The topological polar surface area (TPSA) is 21.3 Å². The second-order valence-corrected chi connectivity index (χ2v) is 5.77. The van der Waals surface area contributed by atoms with Crippen molar-refractivity contribution in [2.45, 2.75) is 25.5 Å². The average Bonchev–Trinajstić information content (AvgIpc) is 2.61. The summed E-state index contributed by atoms with van der Waals surface area (Å²) in [5.74, 6) is 0.951. The van der Waals surface area contributed by atoms with Crippen molar-refractivity contribution in [2.24, 2.45) is 0 Å². The molecule has 1 unspecified atom stereocenters. The van der Waals surface area contributed by atoms with E-state index >= 15 is 0 Å². The van der Waals surface area contributed by atoms with E-state index in [9.17, 15) is 0 Å². The molecule has 1 aliphatic heterocycles. The van der Waals surface area contributed by atoms with Crippen LogP contribution in [0.1, 0.15) is 25.5 Å². The Kier molecular flexibility index (Phi) is 2.90. The predicted octanol–water partition coefficient (Wildman–Crippen LogP) is 4.66. The normalized spacial score (nSPS) is 19.6. The highest BCUT2D eigenvalue weighted by atomic mass is 35.5. The van der Waals surface area contributed by atoms with Crippen LogP contribution in [0, 0.1) is 0 Å². The van der Waals surface area contributed by atoms with Crippen molar-refractivity contribution in [1.29, 1.82) is 0 Å². The third-order valence-electron chi connectivity index (χ3n) is 3.43. The first kappa shape index (κ1) is 12.4. The number of rotatable bonds is 2. The summed E-state index contributed by atoms with van der Waals surface area (Å²) in [6, 6.07) is 16.0. The molecule has 0 aromatic heterocycles. The van der Waals surface area contributed by atoms with Gasteiger partial charge in [-0.05, 0) is 38.1 Å². The van der Waals surface area contributed by atoms with Crippen LogP contribution in [0.4, 0.5) is 5.69 Å². The Morgan fingerprint density at radius 1 is 1.11 bits per heavy atom. The molecule has 0 saturated heterocycles. The lowest BCUT2D eigenvalue weighted by Crippen LogP contribution is -2.34. The maximum atomic E-state index is 6.03. The summed E-state index contributed by atoms with van der Waals surface area (Å²) in [6.45, 7) is 4.18. The highest BCUT2D eigenvalue weighted by molar-refractivity contribution is 6.30. The minimum Gasteiger partial charge on any atom is -0.485 e. The largest absolute Gasteiger partial charge is 0.485 e. The lowest BCUT2D eigenvalue weighted by Gasteiger charge is -2.28. The van der Waals surface area contributed by atoms with Gasteiger partial charge in [-0.2, -0.15) is 0 Å². The van der Waals surface area contributed by atoms with Gasteiger partial charge in [0.05, 0.1) is 6.04 Å². The van der Waals surface area contributed by atoms with E-state index in [4.69, 9.17) is 16.3 Å². The van der Waals surface area contributed by atoms with Gasteiger partial charge >= 0.3 is 0 Å². The molecule has 1 aliphatic rings. The van der Waals surface area contributed by atoms with Gasteiger partial charge in [-0.1, -0.05) is 35.9 Å². The van der Waals surface area contributed by atoms with Gasteiger partial charge in [0.15, 0.2) is 0 Å². The van der Waals surface area contributed by atoms with E-state index in [1.807, 2.05) is 42.5 Å². The van der Waals surface area contributed by atoms with Crippen LogP contribution in [-0.2, 0) is 0 Å². The summed E-state index contributed by atoms with van der Waals surface area (Å²) in [4.78, 5) is 0. The first-order valence-corrected chi connectivity index (χ1v) is 6.74. The average molecular weight is 274 g/mol. The van der Waals surface area contributed by atoms with Crippen molar-refractivity contribution in [3.8, 4) is 5.75 Å². The monoisotopic (exact) mass is 273 g/mol. The molecule has 3 rings (SSSR count). The van der Waals surface area contributed by atoms with Crippen molar-refractivity contribution >= 4 is 17.3 Å². The quantitative estimate of drug-likeness (QED) is 0.859. The van der Waals surface area contributed by atoms with E-state index in [1.165, 1.54) is 5.56 Å². The van der Waals surface area contributed by atoms with Crippen LogP contribution in [0.3, 0.4) is 0 Å². The fourth-order valence-corrected chi connectivity index (χ4v) is 2.72. The number of para-hydroxylation sites is 1. The van der Waals surface area contributed by atoms with Gasteiger partial charge in [0.1, 0.15) is 11.4 Å². The Balaban J connectivity index is 1.95. The zero-order valence-corrected chi connectivity index (χ0v) is 11.7. The summed E-state index contributed by atoms with van der Waals surface area (Å²) < 4.78 is 6.01. The standard InChI is InChI=1S/C16H16ClNO/c1-16(2)15(13-8-3-4-9-14(13)19-16)18-12-7-5-6-11(17)10-12/h3-10,15,18H,1-2H3. The third kappa shape index (κ3) is 2.28. The molecule has 0 bridgehead atoms. The maximum absolute atomic E-state index is 6.03. The van der Waals surface area contributed by atoms with E-state index in [2.05, 4.69) is 25.2 Å². The number of anilines is 1. The lowest BCUT2D eigenvalue weighted by atomic mass is 9.94. The van der Waals surface area contributed by atoms with Crippen LogP contribution >= 0.6 is 11.6 Å². The molecule has 1 N–H and O–H groups in total. The van der Waals surface area contributed by atoms with Crippen molar-refractivity contribution in [3.05, 3.63) is 59.1 Å². The van der Waals surface area contributed by atoms with E-state index in [-0.39, 0.29) is 11.6 Å². The number of hydrogen-bond acceptors (Lipinski definition) is 2. The molecule has 0 saturated carbocycles. The Morgan fingerprint density at radius 3 is 2.68 bits per heavy atom. The van der Waals surface area contributed by atoms with Crippen molar-refractivity contribution in [3.63, 3.8) is 0 Å². The number of fused-ring (bicyclic) bond motifs is 1.